The number of Topliss-reactive ketones (excluding diaryl/α,β-unsaturated/α-hetero) is 1. The van der Waals surface area contributed by atoms with Gasteiger partial charge in [-0.05, 0) is 44.9 Å². The molecular weight excluding hydrogens is 423 g/mol. The third-order valence-corrected chi connectivity index (χ3v) is 7.10. The van der Waals surface area contributed by atoms with Crippen molar-refractivity contribution in [3.8, 4) is 0 Å². The standard InChI is InChI=1S/C21H23FN4O2S2/c1-13-10-16(14(2)26(13)11-15-6-5-9-28-15)19(27)12-29-21-25-24-20(30-21)23-18-8-4-3-7-17(18)22/h3-4,7-8,10,15H,5-6,9,11-12H2,1-2H3,(H,23,24)/t15-/m1/s1. The van der Waals surface area contributed by atoms with E-state index >= 15 is 0 Å². The Balaban J connectivity index is 1.37. The number of para-hydroxylation sites is 1. The van der Waals surface area contributed by atoms with Crippen LogP contribution >= 0.6 is 23.1 Å². The van der Waals surface area contributed by atoms with Crippen molar-refractivity contribution >= 4 is 39.7 Å². The number of halogens is 1. The van der Waals surface area contributed by atoms with E-state index in [0.717, 1.165) is 42.9 Å². The minimum atomic E-state index is -0.351. The molecule has 0 amide bonds. The lowest BCUT2D eigenvalue weighted by atomic mass is 10.2. The first-order valence-electron chi connectivity index (χ1n) is 9.80. The highest BCUT2D eigenvalue weighted by Gasteiger charge is 2.21. The normalized spacial score (nSPS) is 16.2. The van der Waals surface area contributed by atoms with Crippen LogP contribution < -0.4 is 5.32 Å². The van der Waals surface area contributed by atoms with Gasteiger partial charge in [-0.3, -0.25) is 4.79 Å². The molecule has 3 heterocycles. The predicted octanol–water partition coefficient (Wildman–Crippen LogP) is 4.99. The number of rotatable bonds is 8. The van der Waals surface area contributed by atoms with Crippen LogP contribution in [0.1, 0.15) is 34.6 Å². The Labute approximate surface area is 182 Å². The van der Waals surface area contributed by atoms with Crippen LogP contribution in [0.4, 0.5) is 15.2 Å². The first-order valence-corrected chi connectivity index (χ1v) is 11.6. The third kappa shape index (κ3) is 4.74. The molecule has 9 heteroatoms. The molecule has 6 nitrogen and oxygen atoms in total. The zero-order valence-electron chi connectivity index (χ0n) is 16.9. The van der Waals surface area contributed by atoms with Crippen molar-refractivity contribution in [2.75, 3.05) is 17.7 Å². The maximum absolute atomic E-state index is 13.8. The molecule has 1 atom stereocenters. The van der Waals surface area contributed by atoms with Gasteiger partial charge in [-0.2, -0.15) is 0 Å². The van der Waals surface area contributed by atoms with Gasteiger partial charge in [0.05, 0.1) is 17.5 Å². The number of carbonyl (C=O) groups excluding carboxylic acids is 1. The number of anilines is 2. The smallest absolute Gasteiger partial charge is 0.210 e. The second-order valence-electron chi connectivity index (χ2n) is 7.22. The molecule has 158 valence electrons. The molecule has 0 saturated carbocycles. The number of ketones is 1. The van der Waals surface area contributed by atoms with Gasteiger partial charge in [0, 0.05) is 30.1 Å². The molecule has 1 aromatic carbocycles. The van der Waals surface area contributed by atoms with Gasteiger partial charge in [0.25, 0.3) is 0 Å². The first-order chi connectivity index (χ1) is 14.5. The number of hydrogen-bond donors (Lipinski definition) is 1. The lowest BCUT2D eigenvalue weighted by Crippen LogP contribution is -2.17. The SMILES string of the molecule is Cc1cc(C(=O)CSc2nnc(Nc3ccccc3F)s2)c(C)n1C[C@H]1CCCO1. The maximum atomic E-state index is 13.8. The summed E-state index contributed by atoms with van der Waals surface area (Å²) in [6, 6.07) is 8.35. The predicted molar refractivity (Wildman–Crippen MR) is 118 cm³/mol. The molecule has 0 bridgehead atoms. The second-order valence-corrected chi connectivity index (χ2v) is 9.42. The molecule has 0 spiro atoms. The number of aryl methyl sites for hydroxylation is 1. The van der Waals surface area contributed by atoms with E-state index in [0.29, 0.717) is 15.2 Å². The highest BCUT2D eigenvalue weighted by atomic mass is 32.2. The van der Waals surface area contributed by atoms with E-state index in [4.69, 9.17) is 4.74 Å². The van der Waals surface area contributed by atoms with Crippen molar-refractivity contribution in [2.45, 2.75) is 43.7 Å². The zero-order chi connectivity index (χ0) is 21.1. The summed E-state index contributed by atoms with van der Waals surface area (Å²) in [6.07, 6.45) is 2.40. The number of benzene rings is 1. The summed E-state index contributed by atoms with van der Waals surface area (Å²) in [7, 11) is 0. The lowest BCUT2D eigenvalue weighted by Gasteiger charge is -2.14. The highest BCUT2D eigenvalue weighted by molar-refractivity contribution is 8.01. The molecule has 1 aliphatic rings. The van der Waals surface area contributed by atoms with Gasteiger partial charge in [0.2, 0.25) is 5.13 Å². The number of hydrogen-bond acceptors (Lipinski definition) is 7. The molecule has 0 unspecified atom stereocenters. The number of nitrogens with zero attached hydrogens (tertiary/aromatic N) is 3. The Morgan fingerprint density at radius 2 is 2.20 bits per heavy atom. The van der Waals surface area contributed by atoms with Crippen molar-refractivity contribution in [3.63, 3.8) is 0 Å². The van der Waals surface area contributed by atoms with Crippen LogP contribution in [0.25, 0.3) is 0 Å². The van der Waals surface area contributed by atoms with Crippen LogP contribution in [-0.4, -0.2) is 39.0 Å². The lowest BCUT2D eigenvalue weighted by molar-refractivity contribution is 0.0957. The monoisotopic (exact) mass is 446 g/mol. The van der Waals surface area contributed by atoms with Gasteiger partial charge in [0.1, 0.15) is 5.82 Å². The minimum Gasteiger partial charge on any atom is -0.376 e. The molecule has 3 aromatic rings. The Morgan fingerprint density at radius 3 is 2.97 bits per heavy atom. The van der Waals surface area contributed by atoms with E-state index in [1.165, 1.54) is 29.2 Å². The molecule has 0 radical (unpaired) electrons. The van der Waals surface area contributed by atoms with Crippen molar-refractivity contribution < 1.29 is 13.9 Å². The van der Waals surface area contributed by atoms with Gasteiger partial charge in [-0.25, -0.2) is 4.39 Å². The van der Waals surface area contributed by atoms with Crippen molar-refractivity contribution in [1.29, 1.82) is 0 Å². The average molecular weight is 447 g/mol. The van der Waals surface area contributed by atoms with Gasteiger partial charge in [0.15, 0.2) is 10.1 Å². The van der Waals surface area contributed by atoms with Gasteiger partial charge >= 0.3 is 0 Å². The van der Waals surface area contributed by atoms with E-state index < -0.39 is 0 Å². The Morgan fingerprint density at radius 1 is 1.37 bits per heavy atom. The summed E-state index contributed by atoms with van der Waals surface area (Å²) < 4.78 is 22.3. The van der Waals surface area contributed by atoms with Crippen molar-refractivity contribution in [1.82, 2.24) is 14.8 Å². The van der Waals surface area contributed by atoms with Crippen LogP contribution in [0.2, 0.25) is 0 Å². The zero-order valence-corrected chi connectivity index (χ0v) is 18.5. The van der Waals surface area contributed by atoms with Crippen LogP contribution in [0.3, 0.4) is 0 Å². The maximum Gasteiger partial charge on any atom is 0.210 e. The summed E-state index contributed by atoms with van der Waals surface area (Å²) in [4.78, 5) is 12.8. The summed E-state index contributed by atoms with van der Waals surface area (Å²) in [5, 5.41) is 11.5. The van der Waals surface area contributed by atoms with Crippen LogP contribution in [0.15, 0.2) is 34.7 Å². The topological polar surface area (TPSA) is 69.0 Å². The van der Waals surface area contributed by atoms with E-state index in [1.807, 2.05) is 19.9 Å². The van der Waals surface area contributed by atoms with Crippen molar-refractivity contribution in [2.24, 2.45) is 0 Å². The molecule has 1 aliphatic heterocycles. The molecule has 4 rings (SSSR count). The number of nitrogens with one attached hydrogen (secondary N) is 1. The summed E-state index contributed by atoms with van der Waals surface area (Å²) in [6.45, 7) is 5.63. The number of thioether (sulfide) groups is 1. The van der Waals surface area contributed by atoms with Crippen LogP contribution in [0, 0.1) is 19.7 Å². The van der Waals surface area contributed by atoms with Gasteiger partial charge in [-0.1, -0.05) is 35.2 Å². The van der Waals surface area contributed by atoms with Crippen LogP contribution in [-0.2, 0) is 11.3 Å². The number of ether oxygens (including phenoxy) is 1. The summed E-state index contributed by atoms with van der Waals surface area (Å²) in [5.74, 6) is -0.0144. The highest BCUT2D eigenvalue weighted by Crippen LogP contribution is 2.29. The van der Waals surface area contributed by atoms with E-state index in [-0.39, 0.29) is 23.5 Å². The van der Waals surface area contributed by atoms with Crippen molar-refractivity contribution in [3.05, 3.63) is 53.1 Å². The Kier molecular flexibility index (Phi) is 6.50. The second kappa shape index (κ2) is 9.28. The molecule has 1 fully saturated rings. The third-order valence-electron chi connectivity index (χ3n) is 5.13. The quantitative estimate of drug-likeness (QED) is 0.388. The van der Waals surface area contributed by atoms with Gasteiger partial charge < -0.3 is 14.6 Å². The largest absolute Gasteiger partial charge is 0.376 e. The Hall–Kier alpha value is -2.23. The molecule has 1 saturated heterocycles. The first kappa shape index (κ1) is 21.0. The summed E-state index contributed by atoms with van der Waals surface area (Å²) >= 11 is 2.64. The van der Waals surface area contributed by atoms with E-state index in [9.17, 15) is 9.18 Å². The molecule has 0 aliphatic carbocycles. The van der Waals surface area contributed by atoms with E-state index in [1.54, 1.807) is 18.2 Å². The molecule has 1 N–H and O–H groups in total. The fourth-order valence-corrected chi connectivity index (χ4v) is 5.21. The Bertz CT molecular complexity index is 1040. The number of carbonyl (C=O) groups is 1. The molecule has 30 heavy (non-hydrogen) atoms. The molecule has 2 aromatic heterocycles. The molecular formula is C21H23FN4O2S2. The van der Waals surface area contributed by atoms with Gasteiger partial charge in [-0.15, -0.1) is 10.2 Å². The average Bonchev–Trinajstić information content (AvgIpc) is 3.46. The minimum absolute atomic E-state index is 0.0607. The van der Waals surface area contributed by atoms with E-state index in [2.05, 4.69) is 20.1 Å². The fourth-order valence-electron chi connectivity index (χ4n) is 3.56. The summed E-state index contributed by atoms with van der Waals surface area (Å²) in [5.41, 5.74) is 3.14. The number of aromatic nitrogens is 3. The fraction of sp³-hybridized carbons (Fsp3) is 0.381. The van der Waals surface area contributed by atoms with Crippen LogP contribution in [0.5, 0.6) is 0 Å².